The molecule has 0 heterocycles. The fraction of sp³-hybridized carbons (Fsp3) is 0.455. The summed E-state index contributed by atoms with van der Waals surface area (Å²) in [4.78, 5) is 9.21. The molecule has 2 rings (SSSR count). The first-order valence-corrected chi connectivity index (χ1v) is 7.38. The van der Waals surface area contributed by atoms with E-state index in [4.69, 9.17) is 0 Å². The van der Waals surface area contributed by atoms with E-state index in [9.17, 15) is 28.0 Å². The molecule has 1 aromatic rings. The molecule has 1 aliphatic rings. The van der Waals surface area contributed by atoms with Gasteiger partial charge in [0.25, 0.3) is 5.69 Å². The van der Waals surface area contributed by atoms with Crippen molar-refractivity contribution in [2.75, 3.05) is 6.54 Å². The van der Waals surface area contributed by atoms with E-state index >= 15 is 0 Å². The van der Waals surface area contributed by atoms with Crippen molar-refractivity contribution in [2.45, 2.75) is 29.8 Å². The molecule has 1 saturated carbocycles. The van der Waals surface area contributed by atoms with Gasteiger partial charge in [0.1, 0.15) is 5.82 Å². The molecule has 110 valence electrons. The summed E-state index contributed by atoms with van der Waals surface area (Å²) in [5, 5.41) is 20.6. The molecule has 2 N–H and O–H groups in total. The predicted molar refractivity (Wildman–Crippen MR) is 67.0 cm³/mol. The van der Waals surface area contributed by atoms with Gasteiger partial charge in [-0.15, -0.1) is 0 Å². The Balaban J connectivity index is 2.27. The third-order valence-corrected chi connectivity index (χ3v) is 4.73. The molecular weight excluding hydrogens is 291 g/mol. The fourth-order valence-electron chi connectivity index (χ4n) is 1.93. The van der Waals surface area contributed by atoms with E-state index in [1.165, 1.54) is 0 Å². The first-order chi connectivity index (χ1) is 9.23. The van der Waals surface area contributed by atoms with Crippen molar-refractivity contribution < 1.29 is 22.8 Å². The van der Waals surface area contributed by atoms with Gasteiger partial charge in [0.05, 0.1) is 16.6 Å². The van der Waals surface area contributed by atoms with Crippen molar-refractivity contribution in [3.05, 3.63) is 34.1 Å². The normalized spacial score (nSPS) is 17.5. The van der Waals surface area contributed by atoms with E-state index < -0.39 is 36.9 Å². The molecule has 0 unspecified atom stereocenters. The minimum Gasteiger partial charge on any atom is -0.389 e. The van der Waals surface area contributed by atoms with Gasteiger partial charge in [-0.3, -0.25) is 10.1 Å². The molecule has 7 nitrogen and oxygen atoms in total. The Morgan fingerprint density at radius 1 is 1.45 bits per heavy atom. The van der Waals surface area contributed by atoms with Gasteiger partial charge < -0.3 is 5.11 Å². The molecule has 0 saturated heterocycles. The monoisotopic (exact) mass is 304 g/mol. The molecule has 0 amide bonds. The summed E-state index contributed by atoms with van der Waals surface area (Å²) in [6.45, 7) is -0.218. The van der Waals surface area contributed by atoms with Crippen molar-refractivity contribution in [1.29, 1.82) is 0 Å². The van der Waals surface area contributed by atoms with Gasteiger partial charge in [0.2, 0.25) is 10.0 Å². The molecule has 0 radical (unpaired) electrons. The van der Waals surface area contributed by atoms with Crippen LogP contribution in [0.3, 0.4) is 0 Å². The van der Waals surface area contributed by atoms with E-state index in [2.05, 4.69) is 4.72 Å². The van der Waals surface area contributed by atoms with Crippen LogP contribution in [0.25, 0.3) is 0 Å². The highest BCUT2D eigenvalue weighted by atomic mass is 32.2. The molecule has 0 bridgehead atoms. The van der Waals surface area contributed by atoms with Crippen LogP contribution in [0.4, 0.5) is 10.1 Å². The lowest BCUT2D eigenvalue weighted by Gasteiger charge is -2.36. The highest BCUT2D eigenvalue weighted by Crippen LogP contribution is 2.31. The van der Waals surface area contributed by atoms with E-state index in [1.807, 2.05) is 0 Å². The van der Waals surface area contributed by atoms with E-state index in [-0.39, 0.29) is 6.54 Å². The van der Waals surface area contributed by atoms with Crippen LogP contribution in [0.1, 0.15) is 19.3 Å². The van der Waals surface area contributed by atoms with Crippen molar-refractivity contribution >= 4 is 15.7 Å². The van der Waals surface area contributed by atoms with Crippen LogP contribution in [-0.4, -0.2) is 30.6 Å². The number of nitrogens with one attached hydrogen (secondary N) is 1. The first-order valence-electron chi connectivity index (χ1n) is 5.90. The van der Waals surface area contributed by atoms with Crippen LogP contribution < -0.4 is 4.72 Å². The van der Waals surface area contributed by atoms with Crippen LogP contribution in [0.5, 0.6) is 0 Å². The number of rotatable bonds is 5. The summed E-state index contributed by atoms with van der Waals surface area (Å²) in [6, 6.07) is 2.22. The Morgan fingerprint density at radius 2 is 2.10 bits per heavy atom. The molecule has 9 heteroatoms. The number of halogens is 1. The number of hydrogen-bond acceptors (Lipinski definition) is 5. The lowest BCUT2D eigenvalue weighted by molar-refractivity contribution is -0.388. The molecular formula is C11H13FN2O5S. The van der Waals surface area contributed by atoms with Gasteiger partial charge in [0, 0.05) is 6.54 Å². The third kappa shape index (κ3) is 2.94. The maximum absolute atomic E-state index is 13.0. The number of aliphatic hydroxyl groups is 1. The Kier molecular flexibility index (Phi) is 3.76. The Hall–Kier alpha value is -1.58. The molecule has 1 aliphatic carbocycles. The highest BCUT2D eigenvalue weighted by Gasteiger charge is 2.36. The first kappa shape index (κ1) is 14.8. The maximum atomic E-state index is 13.0. The van der Waals surface area contributed by atoms with Crippen LogP contribution in [0.15, 0.2) is 23.1 Å². The van der Waals surface area contributed by atoms with E-state index in [0.717, 1.165) is 18.6 Å². The average molecular weight is 304 g/mol. The third-order valence-electron chi connectivity index (χ3n) is 3.28. The van der Waals surface area contributed by atoms with Crippen molar-refractivity contribution in [3.8, 4) is 0 Å². The van der Waals surface area contributed by atoms with E-state index in [1.54, 1.807) is 0 Å². The summed E-state index contributed by atoms with van der Waals surface area (Å²) in [5.41, 5.74) is -1.93. The zero-order valence-corrected chi connectivity index (χ0v) is 11.2. The van der Waals surface area contributed by atoms with Gasteiger partial charge >= 0.3 is 0 Å². The second-order valence-corrected chi connectivity index (χ2v) is 6.51. The van der Waals surface area contributed by atoms with Gasteiger partial charge in [-0.1, -0.05) is 0 Å². The lowest BCUT2D eigenvalue weighted by atomic mass is 9.81. The summed E-state index contributed by atoms with van der Waals surface area (Å²) >= 11 is 0. The molecule has 1 aromatic carbocycles. The van der Waals surface area contributed by atoms with Crippen molar-refractivity contribution in [3.63, 3.8) is 0 Å². The zero-order valence-electron chi connectivity index (χ0n) is 10.4. The Morgan fingerprint density at radius 3 is 2.60 bits per heavy atom. The largest absolute Gasteiger partial charge is 0.389 e. The molecule has 0 aliphatic heterocycles. The smallest absolute Gasteiger partial charge is 0.292 e. The maximum Gasteiger partial charge on any atom is 0.292 e. The molecule has 20 heavy (non-hydrogen) atoms. The minimum atomic E-state index is -4.18. The number of nitro groups is 1. The molecule has 0 atom stereocenters. The number of benzene rings is 1. The van der Waals surface area contributed by atoms with E-state index in [0.29, 0.717) is 18.9 Å². The number of nitro benzene ring substituents is 1. The SMILES string of the molecule is O=[N+]([O-])c1cc(F)ccc1S(=O)(=O)NCC1(O)CCC1. The highest BCUT2D eigenvalue weighted by molar-refractivity contribution is 7.89. The van der Waals surface area contributed by atoms with Crippen molar-refractivity contribution in [2.24, 2.45) is 0 Å². The molecule has 0 spiro atoms. The topological polar surface area (TPSA) is 110 Å². The molecule has 0 aromatic heterocycles. The quantitative estimate of drug-likeness (QED) is 0.621. The van der Waals surface area contributed by atoms with Crippen molar-refractivity contribution in [1.82, 2.24) is 4.72 Å². The van der Waals surface area contributed by atoms with Crippen LogP contribution in [0, 0.1) is 15.9 Å². The number of sulfonamides is 1. The standard InChI is InChI=1S/C11H13FN2O5S/c12-8-2-3-10(9(6-8)14(16)17)20(18,19)13-7-11(15)4-1-5-11/h2-3,6,13,15H,1,4-5,7H2. The van der Waals surface area contributed by atoms with Crippen LogP contribution in [0.2, 0.25) is 0 Å². The molecule has 1 fully saturated rings. The van der Waals surface area contributed by atoms with Gasteiger partial charge in [-0.2, -0.15) is 0 Å². The fourth-order valence-corrected chi connectivity index (χ4v) is 3.20. The van der Waals surface area contributed by atoms with Crippen LogP contribution in [-0.2, 0) is 10.0 Å². The number of nitrogens with zero attached hydrogens (tertiary/aromatic N) is 1. The van der Waals surface area contributed by atoms with Gasteiger partial charge in [-0.25, -0.2) is 17.5 Å². The van der Waals surface area contributed by atoms with Crippen LogP contribution >= 0.6 is 0 Å². The lowest BCUT2D eigenvalue weighted by Crippen LogP contribution is -2.47. The van der Waals surface area contributed by atoms with Gasteiger partial charge in [0.15, 0.2) is 4.90 Å². The summed E-state index contributed by atoms with van der Waals surface area (Å²) in [7, 11) is -4.18. The zero-order chi connectivity index (χ0) is 15.0. The average Bonchev–Trinajstić information content (AvgIpc) is 2.33. The minimum absolute atomic E-state index is 0.218. The number of hydrogen-bond donors (Lipinski definition) is 2. The summed E-state index contributed by atoms with van der Waals surface area (Å²) < 4.78 is 39.1. The Bertz CT molecular complexity index is 642. The second kappa shape index (κ2) is 5.08. The summed E-state index contributed by atoms with van der Waals surface area (Å²) in [6.07, 6.45) is 1.75. The second-order valence-electron chi connectivity index (χ2n) is 4.77. The Labute approximate surface area is 114 Å². The predicted octanol–water partition coefficient (Wildman–Crippen LogP) is 0.927. The summed E-state index contributed by atoms with van der Waals surface area (Å²) in [5.74, 6) is -0.895. The van der Waals surface area contributed by atoms with Gasteiger partial charge in [-0.05, 0) is 31.4 Å².